The minimum atomic E-state index is -0.0417. The van der Waals surface area contributed by atoms with E-state index in [1.807, 2.05) is 6.07 Å². The van der Waals surface area contributed by atoms with E-state index >= 15 is 0 Å². The van der Waals surface area contributed by atoms with Gasteiger partial charge in [-0.05, 0) is 46.5 Å². The van der Waals surface area contributed by atoms with Crippen LogP contribution < -0.4 is 0 Å². The highest BCUT2D eigenvalue weighted by atomic mass is 79.9. The number of hydrogen-bond donors (Lipinski definition) is 0. The zero-order valence-corrected chi connectivity index (χ0v) is 15.1. The maximum absolute atomic E-state index is 6.59. The summed E-state index contributed by atoms with van der Waals surface area (Å²) in [6.45, 7) is 0. The Morgan fingerprint density at radius 2 is 1.48 bits per heavy atom. The second-order valence-electron chi connectivity index (χ2n) is 5.06. The molecule has 0 aliphatic rings. The first-order valence-electron chi connectivity index (χ1n) is 6.69. The Morgan fingerprint density at radius 3 is 2.19 bits per heavy atom. The molecule has 3 aromatic rings. The summed E-state index contributed by atoms with van der Waals surface area (Å²) in [6.07, 6.45) is 0.815. The summed E-state index contributed by atoms with van der Waals surface area (Å²) in [6, 6.07) is 21.1. The maximum Gasteiger partial charge on any atom is 0.0626 e. The Kier molecular flexibility index (Phi) is 4.68. The molecule has 0 radical (unpaired) electrons. The number of rotatable bonds is 3. The van der Waals surface area contributed by atoms with Gasteiger partial charge >= 0.3 is 0 Å². The molecule has 106 valence electrons. The fourth-order valence-electron chi connectivity index (χ4n) is 2.45. The van der Waals surface area contributed by atoms with E-state index in [-0.39, 0.29) is 5.38 Å². The molecule has 0 N–H and O–H groups in total. The van der Waals surface area contributed by atoms with Gasteiger partial charge in [0.25, 0.3) is 0 Å². The van der Waals surface area contributed by atoms with Gasteiger partial charge in [0.2, 0.25) is 0 Å². The summed E-state index contributed by atoms with van der Waals surface area (Å²) in [4.78, 5) is 0. The van der Waals surface area contributed by atoms with Crippen LogP contribution in [0.25, 0.3) is 10.8 Å². The van der Waals surface area contributed by atoms with Gasteiger partial charge in [0.05, 0.1) is 5.38 Å². The van der Waals surface area contributed by atoms with Gasteiger partial charge in [-0.25, -0.2) is 0 Å². The SMILES string of the molecule is ClC(Cc1ccc2ccccc2c1)c1cc(Br)cc(Br)c1. The van der Waals surface area contributed by atoms with E-state index in [2.05, 4.69) is 86.5 Å². The van der Waals surface area contributed by atoms with Gasteiger partial charge in [-0.15, -0.1) is 11.6 Å². The van der Waals surface area contributed by atoms with Crippen LogP contribution >= 0.6 is 43.5 Å². The highest BCUT2D eigenvalue weighted by Gasteiger charge is 2.11. The highest BCUT2D eigenvalue weighted by molar-refractivity contribution is 9.11. The van der Waals surface area contributed by atoms with E-state index in [9.17, 15) is 0 Å². The van der Waals surface area contributed by atoms with Crippen molar-refractivity contribution < 1.29 is 0 Å². The summed E-state index contributed by atoms with van der Waals surface area (Å²) < 4.78 is 2.08. The molecular weight excluding hydrogens is 411 g/mol. The monoisotopic (exact) mass is 422 g/mol. The molecule has 0 fully saturated rings. The van der Waals surface area contributed by atoms with Crippen LogP contribution in [0.3, 0.4) is 0 Å². The van der Waals surface area contributed by atoms with Crippen molar-refractivity contribution >= 4 is 54.2 Å². The Morgan fingerprint density at radius 1 is 0.810 bits per heavy atom. The summed E-state index contributed by atoms with van der Waals surface area (Å²) in [5.41, 5.74) is 2.37. The molecule has 0 aliphatic carbocycles. The number of hydrogen-bond acceptors (Lipinski definition) is 0. The van der Waals surface area contributed by atoms with E-state index in [1.54, 1.807) is 0 Å². The second-order valence-corrected chi connectivity index (χ2v) is 7.41. The molecule has 0 saturated carbocycles. The first-order valence-corrected chi connectivity index (χ1v) is 8.72. The van der Waals surface area contributed by atoms with E-state index in [0.717, 1.165) is 20.9 Å². The molecule has 3 heteroatoms. The number of fused-ring (bicyclic) bond motifs is 1. The smallest absolute Gasteiger partial charge is 0.0626 e. The lowest BCUT2D eigenvalue weighted by Gasteiger charge is -2.12. The molecular formula is C18H13Br2Cl. The first kappa shape index (κ1) is 15.1. The minimum Gasteiger partial charge on any atom is -0.117 e. The lowest BCUT2D eigenvalue weighted by Crippen LogP contribution is -1.96. The number of alkyl halides is 1. The standard InChI is InChI=1S/C18H13Br2Cl/c19-16-9-15(10-17(20)11-16)18(21)8-12-5-6-13-3-1-2-4-14(13)7-12/h1-7,9-11,18H,8H2. The molecule has 0 amide bonds. The third-order valence-electron chi connectivity index (χ3n) is 3.48. The Hall–Kier alpha value is -0.830. The maximum atomic E-state index is 6.59. The average molecular weight is 425 g/mol. The van der Waals surface area contributed by atoms with Gasteiger partial charge < -0.3 is 0 Å². The van der Waals surface area contributed by atoms with Crippen molar-refractivity contribution in [3.8, 4) is 0 Å². The lowest BCUT2D eigenvalue weighted by atomic mass is 10.0. The van der Waals surface area contributed by atoms with Crippen LogP contribution in [-0.4, -0.2) is 0 Å². The zero-order valence-electron chi connectivity index (χ0n) is 11.2. The predicted molar refractivity (Wildman–Crippen MR) is 98.1 cm³/mol. The third-order valence-corrected chi connectivity index (χ3v) is 4.80. The van der Waals surface area contributed by atoms with E-state index in [1.165, 1.54) is 16.3 Å². The summed E-state index contributed by atoms with van der Waals surface area (Å²) in [5, 5.41) is 2.48. The van der Waals surface area contributed by atoms with Gasteiger partial charge in [-0.1, -0.05) is 74.3 Å². The van der Waals surface area contributed by atoms with Crippen molar-refractivity contribution in [2.45, 2.75) is 11.8 Å². The van der Waals surface area contributed by atoms with Crippen molar-refractivity contribution in [1.82, 2.24) is 0 Å². The largest absolute Gasteiger partial charge is 0.117 e. The minimum absolute atomic E-state index is 0.0417. The molecule has 21 heavy (non-hydrogen) atoms. The van der Waals surface area contributed by atoms with Gasteiger partial charge in [0.15, 0.2) is 0 Å². The molecule has 0 bridgehead atoms. The average Bonchev–Trinajstić information content (AvgIpc) is 2.46. The van der Waals surface area contributed by atoms with Crippen LogP contribution in [0.2, 0.25) is 0 Å². The first-order chi connectivity index (χ1) is 10.1. The Bertz CT molecular complexity index is 763. The molecule has 0 aromatic heterocycles. The van der Waals surface area contributed by atoms with Gasteiger partial charge in [0, 0.05) is 8.95 Å². The summed E-state index contributed by atoms with van der Waals surface area (Å²) in [7, 11) is 0. The number of halogens is 3. The quantitative estimate of drug-likeness (QED) is 0.402. The highest BCUT2D eigenvalue weighted by Crippen LogP contribution is 2.31. The third kappa shape index (κ3) is 3.68. The van der Waals surface area contributed by atoms with Crippen molar-refractivity contribution in [1.29, 1.82) is 0 Å². The van der Waals surface area contributed by atoms with Crippen LogP contribution in [0.4, 0.5) is 0 Å². The van der Waals surface area contributed by atoms with Crippen molar-refractivity contribution in [2.75, 3.05) is 0 Å². The molecule has 0 saturated heterocycles. The molecule has 1 atom stereocenters. The van der Waals surface area contributed by atoms with Crippen LogP contribution in [-0.2, 0) is 6.42 Å². The predicted octanol–water partition coefficient (Wildman–Crippen LogP) is 6.89. The van der Waals surface area contributed by atoms with Crippen LogP contribution in [0, 0.1) is 0 Å². The Balaban J connectivity index is 1.86. The summed E-state index contributed by atoms with van der Waals surface area (Å²) >= 11 is 13.6. The van der Waals surface area contributed by atoms with Crippen LogP contribution in [0.5, 0.6) is 0 Å². The molecule has 0 heterocycles. The van der Waals surface area contributed by atoms with E-state index in [0.29, 0.717) is 0 Å². The Labute approximate surface area is 146 Å². The van der Waals surface area contributed by atoms with Gasteiger partial charge in [-0.2, -0.15) is 0 Å². The van der Waals surface area contributed by atoms with Crippen molar-refractivity contribution in [3.05, 3.63) is 80.7 Å². The van der Waals surface area contributed by atoms with Crippen LogP contribution in [0.1, 0.15) is 16.5 Å². The summed E-state index contributed by atoms with van der Waals surface area (Å²) in [5.74, 6) is 0. The fraction of sp³-hybridized carbons (Fsp3) is 0.111. The number of benzene rings is 3. The van der Waals surface area contributed by atoms with E-state index < -0.39 is 0 Å². The van der Waals surface area contributed by atoms with Gasteiger partial charge in [-0.3, -0.25) is 0 Å². The van der Waals surface area contributed by atoms with Crippen molar-refractivity contribution in [2.24, 2.45) is 0 Å². The van der Waals surface area contributed by atoms with Crippen LogP contribution in [0.15, 0.2) is 69.6 Å². The molecule has 0 nitrogen and oxygen atoms in total. The molecule has 3 rings (SSSR count). The van der Waals surface area contributed by atoms with E-state index in [4.69, 9.17) is 11.6 Å². The second kappa shape index (κ2) is 6.51. The fourth-order valence-corrected chi connectivity index (χ4v) is 4.08. The normalized spacial score (nSPS) is 12.5. The molecule has 0 spiro atoms. The zero-order chi connectivity index (χ0) is 14.8. The lowest BCUT2D eigenvalue weighted by molar-refractivity contribution is 0.919. The van der Waals surface area contributed by atoms with Gasteiger partial charge in [0.1, 0.15) is 0 Å². The molecule has 1 unspecified atom stereocenters. The molecule has 3 aromatic carbocycles. The van der Waals surface area contributed by atoms with Crippen molar-refractivity contribution in [3.63, 3.8) is 0 Å². The topological polar surface area (TPSA) is 0 Å². The molecule has 0 aliphatic heterocycles.